The number of nitrogens with zero attached hydrogens (tertiary/aromatic N) is 2. The van der Waals surface area contributed by atoms with E-state index >= 15 is 0 Å². The molecule has 0 aromatic carbocycles. The average molecular weight is 253 g/mol. The minimum atomic E-state index is 0.0716. The van der Waals surface area contributed by atoms with Gasteiger partial charge < -0.3 is 15.5 Å². The Kier molecular flexibility index (Phi) is 5.01. The summed E-state index contributed by atoms with van der Waals surface area (Å²) in [5.41, 5.74) is 6.08. The van der Waals surface area contributed by atoms with Gasteiger partial charge in [-0.1, -0.05) is 12.8 Å². The van der Waals surface area contributed by atoms with Crippen LogP contribution in [0.5, 0.6) is 0 Å². The van der Waals surface area contributed by atoms with E-state index in [4.69, 9.17) is 5.73 Å². The maximum Gasteiger partial charge on any atom is 0.227 e. The third-order valence-electron chi connectivity index (χ3n) is 4.46. The lowest BCUT2D eigenvalue weighted by Gasteiger charge is -2.31. The smallest absolute Gasteiger partial charge is 0.227 e. The van der Waals surface area contributed by atoms with Crippen LogP contribution in [0.2, 0.25) is 0 Å². The van der Waals surface area contributed by atoms with Gasteiger partial charge in [-0.05, 0) is 38.8 Å². The maximum absolute atomic E-state index is 12.3. The summed E-state index contributed by atoms with van der Waals surface area (Å²) in [6.07, 6.45) is 6.95. The first-order chi connectivity index (χ1) is 8.68. The van der Waals surface area contributed by atoms with Gasteiger partial charge in [-0.2, -0.15) is 0 Å². The number of likely N-dealkylation sites (N-methyl/N-ethyl adjacent to an activating group) is 1. The molecule has 1 aliphatic carbocycles. The van der Waals surface area contributed by atoms with Crippen molar-refractivity contribution in [3.05, 3.63) is 0 Å². The Morgan fingerprint density at radius 3 is 2.56 bits per heavy atom. The minimum Gasteiger partial charge on any atom is -0.344 e. The molecule has 2 unspecified atom stereocenters. The summed E-state index contributed by atoms with van der Waals surface area (Å²) in [6, 6.07) is 0.0838. The molecule has 2 aliphatic rings. The standard InChI is InChI=1S/C14H27N3O/c1-16(10-11-17-8-4-5-9-17)14(18)12-6-2-3-7-13(12)15/h12-13H,2-11,15H2,1H3. The largest absolute Gasteiger partial charge is 0.344 e. The molecule has 2 rings (SSSR count). The summed E-state index contributed by atoms with van der Waals surface area (Å²) >= 11 is 0. The first kappa shape index (κ1) is 13.8. The van der Waals surface area contributed by atoms with Crippen LogP contribution in [0.25, 0.3) is 0 Å². The topological polar surface area (TPSA) is 49.6 Å². The second kappa shape index (κ2) is 6.53. The monoisotopic (exact) mass is 253 g/mol. The van der Waals surface area contributed by atoms with Crippen molar-refractivity contribution < 1.29 is 4.79 Å². The molecule has 104 valence electrons. The quantitative estimate of drug-likeness (QED) is 0.815. The summed E-state index contributed by atoms with van der Waals surface area (Å²) in [6.45, 7) is 4.27. The summed E-state index contributed by atoms with van der Waals surface area (Å²) in [7, 11) is 1.93. The van der Waals surface area contributed by atoms with E-state index in [1.807, 2.05) is 11.9 Å². The highest BCUT2D eigenvalue weighted by Crippen LogP contribution is 2.24. The minimum absolute atomic E-state index is 0.0716. The van der Waals surface area contributed by atoms with Crippen molar-refractivity contribution in [2.24, 2.45) is 11.7 Å². The molecule has 1 amide bonds. The third kappa shape index (κ3) is 3.45. The van der Waals surface area contributed by atoms with Crippen LogP contribution in [0.3, 0.4) is 0 Å². The molecule has 0 aromatic rings. The highest BCUT2D eigenvalue weighted by Gasteiger charge is 2.30. The van der Waals surface area contributed by atoms with Crippen LogP contribution in [0, 0.1) is 5.92 Å². The molecule has 1 heterocycles. The van der Waals surface area contributed by atoms with Gasteiger partial charge in [-0.3, -0.25) is 4.79 Å². The van der Waals surface area contributed by atoms with Crippen LogP contribution in [0.1, 0.15) is 38.5 Å². The third-order valence-corrected chi connectivity index (χ3v) is 4.46. The number of carbonyl (C=O) groups is 1. The number of hydrogen-bond acceptors (Lipinski definition) is 3. The normalized spacial score (nSPS) is 29.4. The molecule has 1 aliphatic heterocycles. The summed E-state index contributed by atoms with van der Waals surface area (Å²) in [5, 5.41) is 0. The molecule has 4 nitrogen and oxygen atoms in total. The van der Waals surface area contributed by atoms with Crippen LogP contribution in [0.4, 0.5) is 0 Å². The molecule has 0 bridgehead atoms. The van der Waals surface area contributed by atoms with Crippen LogP contribution in [0.15, 0.2) is 0 Å². The predicted octanol–water partition coefficient (Wildman–Crippen LogP) is 1.06. The highest BCUT2D eigenvalue weighted by atomic mass is 16.2. The van der Waals surface area contributed by atoms with Crippen molar-refractivity contribution in [1.82, 2.24) is 9.80 Å². The fourth-order valence-electron chi connectivity index (χ4n) is 3.16. The number of hydrogen-bond donors (Lipinski definition) is 1. The van der Waals surface area contributed by atoms with Crippen LogP contribution in [-0.4, -0.2) is 55.0 Å². The van der Waals surface area contributed by atoms with Gasteiger partial charge in [0.05, 0.1) is 5.92 Å². The molecule has 1 saturated carbocycles. The van der Waals surface area contributed by atoms with Crippen molar-refractivity contribution in [3.8, 4) is 0 Å². The lowest BCUT2D eigenvalue weighted by Crippen LogP contribution is -2.46. The number of carbonyl (C=O) groups excluding carboxylic acids is 1. The molecule has 0 aromatic heterocycles. The second-order valence-electron chi connectivity index (χ2n) is 5.86. The molecule has 4 heteroatoms. The zero-order valence-electron chi connectivity index (χ0n) is 11.6. The number of likely N-dealkylation sites (tertiary alicyclic amines) is 1. The first-order valence-corrected chi connectivity index (χ1v) is 7.41. The van der Waals surface area contributed by atoms with Gasteiger partial charge in [-0.25, -0.2) is 0 Å². The van der Waals surface area contributed by atoms with Gasteiger partial charge in [0.25, 0.3) is 0 Å². The van der Waals surface area contributed by atoms with Gasteiger partial charge in [0.1, 0.15) is 0 Å². The van der Waals surface area contributed by atoms with Crippen molar-refractivity contribution in [1.29, 1.82) is 0 Å². The SMILES string of the molecule is CN(CCN1CCCC1)C(=O)C1CCCCC1N. The number of nitrogens with two attached hydrogens (primary N) is 1. The molecule has 1 saturated heterocycles. The van der Waals surface area contributed by atoms with Crippen molar-refractivity contribution in [3.63, 3.8) is 0 Å². The summed E-state index contributed by atoms with van der Waals surface area (Å²) in [4.78, 5) is 16.7. The van der Waals surface area contributed by atoms with E-state index in [1.165, 1.54) is 32.4 Å². The molecule has 2 N–H and O–H groups in total. The van der Waals surface area contributed by atoms with Gasteiger partial charge in [0.2, 0.25) is 5.91 Å². The maximum atomic E-state index is 12.3. The average Bonchev–Trinajstić information content (AvgIpc) is 2.89. The molecule has 2 atom stereocenters. The van der Waals surface area contributed by atoms with E-state index in [-0.39, 0.29) is 17.9 Å². The Bertz CT molecular complexity index is 276. The zero-order valence-corrected chi connectivity index (χ0v) is 11.6. The van der Waals surface area contributed by atoms with Crippen molar-refractivity contribution in [2.45, 2.75) is 44.6 Å². The van der Waals surface area contributed by atoms with Gasteiger partial charge in [0, 0.05) is 26.2 Å². The van der Waals surface area contributed by atoms with Crippen LogP contribution < -0.4 is 5.73 Å². The van der Waals surface area contributed by atoms with Crippen LogP contribution >= 0.6 is 0 Å². The fraction of sp³-hybridized carbons (Fsp3) is 0.929. The van der Waals surface area contributed by atoms with E-state index in [2.05, 4.69) is 4.90 Å². The van der Waals surface area contributed by atoms with E-state index in [9.17, 15) is 4.79 Å². The Balaban J connectivity index is 1.76. The van der Waals surface area contributed by atoms with Gasteiger partial charge in [-0.15, -0.1) is 0 Å². The predicted molar refractivity (Wildman–Crippen MR) is 73.2 cm³/mol. The van der Waals surface area contributed by atoms with E-state index in [0.29, 0.717) is 0 Å². The molecule has 18 heavy (non-hydrogen) atoms. The number of amides is 1. The summed E-state index contributed by atoms with van der Waals surface area (Å²) < 4.78 is 0. The molecule has 2 fully saturated rings. The van der Waals surface area contributed by atoms with E-state index in [1.54, 1.807) is 0 Å². The Hall–Kier alpha value is -0.610. The summed E-state index contributed by atoms with van der Waals surface area (Å²) in [5.74, 6) is 0.337. The Morgan fingerprint density at radius 1 is 1.22 bits per heavy atom. The van der Waals surface area contributed by atoms with Gasteiger partial charge >= 0.3 is 0 Å². The lowest BCUT2D eigenvalue weighted by atomic mass is 9.84. The molecule has 0 spiro atoms. The fourth-order valence-corrected chi connectivity index (χ4v) is 3.16. The molecular formula is C14H27N3O. The zero-order chi connectivity index (χ0) is 13.0. The van der Waals surface area contributed by atoms with E-state index < -0.39 is 0 Å². The Labute approximate surface area is 110 Å². The first-order valence-electron chi connectivity index (χ1n) is 7.41. The highest BCUT2D eigenvalue weighted by molar-refractivity contribution is 5.79. The van der Waals surface area contributed by atoms with E-state index in [0.717, 1.165) is 32.4 Å². The van der Waals surface area contributed by atoms with Gasteiger partial charge in [0.15, 0.2) is 0 Å². The number of rotatable bonds is 4. The Morgan fingerprint density at radius 2 is 1.89 bits per heavy atom. The van der Waals surface area contributed by atoms with Crippen LogP contribution in [-0.2, 0) is 4.79 Å². The molecule has 0 radical (unpaired) electrons. The van der Waals surface area contributed by atoms with Crippen molar-refractivity contribution >= 4 is 5.91 Å². The molecular weight excluding hydrogens is 226 g/mol. The lowest BCUT2D eigenvalue weighted by molar-refractivity contribution is -0.135. The van der Waals surface area contributed by atoms with Crippen molar-refractivity contribution in [2.75, 3.05) is 33.2 Å². The second-order valence-corrected chi connectivity index (χ2v) is 5.86.